The molecule has 0 saturated carbocycles. The molecule has 16 heavy (non-hydrogen) atoms. The number of pyridine rings is 1. The molecule has 1 aliphatic rings. The number of halogens is 1. The molecule has 1 aliphatic heterocycles. The molecule has 0 bridgehead atoms. The van der Waals surface area contributed by atoms with Crippen molar-refractivity contribution >= 4 is 22.5 Å². The first-order chi connectivity index (χ1) is 7.78. The highest BCUT2D eigenvalue weighted by Crippen LogP contribution is 2.37. The largest absolute Gasteiger partial charge is 0.497 e. The molecule has 1 saturated heterocycles. The summed E-state index contributed by atoms with van der Waals surface area (Å²) in [6, 6.07) is 7.49. The van der Waals surface area contributed by atoms with Crippen LogP contribution in [0.3, 0.4) is 0 Å². The average Bonchev–Trinajstić information content (AvgIpc) is 3.11. The molecule has 0 atom stereocenters. The quantitative estimate of drug-likeness (QED) is 0.458. The van der Waals surface area contributed by atoms with Crippen LogP contribution in [-0.2, 0) is 9.78 Å². The number of hydrogen-bond donors (Lipinski definition) is 0. The minimum absolute atomic E-state index is 0.379. The van der Waals surface area contributed by atoms with E-state index in [-0.39, 0.29) is 6.29 Å². The van der Waals surface area contributed by atoms with Crippen LogP contribution in [0.15, 0.2) is 24.3 Å². The van der Waals surface area contributed by atoms with Crippen molar-refractivity contribution < 1.29 is 14.5 Å². The van der Waals surface area contributed by atoms with Crippen molar-refractivity contribution in [3.63, 3.8) is 0 Å². The monoisotopic (exact) mass is 237 g/mol. The van der Waals surface area contributed by atoms with Gasteiger partial charge in [-0.15, -0.1) is 0 Å². The van der Waals surface area contributed by atoms with Crippen LogP contribution in [0.5, 0.6) is 5.75 Å². The van der Waals surface area contributed by atoms with Crippen molar-refractivity contribution in [2.24, 2.45) is 0 Å². The van der Waals surface area contributed by atoms with Crippen LogP contribution in [0, 0.1) is 0 Å². The Balaban J connectivity index is 2.19. The third-order valence-electron chi connectivity index (χ3n) is 2.45. The van der Waals surface area contributed by atoms with E-state index in [1.807, 2.05) is 24.3 Å². The minimum Gasteiger partial charge on any atom is -0.497 e. The molecule has 1 fully saturated rings. The predicted octanol–water partition coefficient (Wildman–Crippen LogP) is 2.86. The predicted molar refractivity (Wildman–Crippen MR) is 58.2 cm³/mol. The van der Waals surface area contributed by atoms with E-state index in [2.05, 4.69) is 4.98 Å². The third kappa shape index (κ3) is 1.61. The Morgan fingerprint density at radius 3 is 2.81 bits per heavy atom. The van der Waals surface area contributed by atoms with Crippen molar-refractivity contribution in [3.05, 3.63) is 35.0 Å². The highest BCUT2D eigenvalue weighted by Gasteiger charge is 2.31. The van der Waals surface area contributed by atoms with Gasteiger partial charge in [0.25, 0.3) is 6.29 Å². The molecular weight excluding hydrogens is 230 g/mol. The summed E-state index contributed by atoms with van der Waals surface area (Å²) in [7, 11) is 1.62. The Morgan fingerprint density at radius 2 is 2.12 bits per heavy atom. The van der Waals surface area contributed by atoms with E-state index in [0.29, 0.717) is 5.15 Å². The average molecular weight is 238 g/mol. The highest BCUT2D eigenvalue weighted by molar-refractivity contribution is 6.30. The number of aromatic nitrogens is 1. The summed E-state index contributed by atoms with van der Waals surface area (Å²) in [6.45, 7) is 0. The zero-order valence-electron chi connectivity index (χ0n) is 8.44. The number of benzene rings is 1. The number of rotatable bonds is 2. The number of fused-ring (bicyclic) bond motifs is 1. The molecule has 0 spiro atoms. The zero-order chi connectivity index (χ0) is 11.1. The summed E-state index contributed by atoms with van der Waals surface area (Å²) < 4.78 is 5.15. The number of hydrogen-bond acceptors (Lipinski definition) is 4. The molecule has 1 aromatic carbocycles. The van der Waals surface area contributed by atoms with Gasteiger partial charge in [-0.1, -0.05) is 11.6 Å². The SMILES string of the molecule is COc1ccc2nc(Cl)c(C3OO3)cc2c1. The van der Waals surface area contributed by atoms with Crippen LogP contribution in [0.4, 0.5) is 0 Å². The molecule has 4 nitrogen and oxygen atoms in total. The maximum atomic E-state index is 6.01. The molecule has 0 unspecified atom stereocenters. The van der Waals surface area contributed by atoms with Crippen molar-refractivity contribution in [2.75, 3.05) is 7.11 Å². The number of nitrogens with zero attached hydrogens (tertiary/aromatic N) is 1. The molecule has 1 aromatic heterocycles. The third-order valence-corrected chi connectivity index (χ3v) is 2.75. The molecular formula is C11H8ClNO3. The van der Waals surface area contributed by atoms with E-state index in [9.17, 15) is 0 Å². The van der Waals surface area contributed by atoms with Gasteiger partial charge in [0.05, 0.1) is 18.2 Å². The lowest BCUT2D eigenvalue weighted by Gasteiger charge is -2.04. The smallest absolute Gasteiger partial charge is 0.252 e. The number of methoxy groups -OCH3 is 1. The van der Waals surface area contributed by atoms with Crippen molar-refractivity contribution in [1.82, 2.24) is 4.98 Å². The van der Waals surface area contributed by atoms with Crippen LogP contribution >= 0.6 is 11.6 Å². The molecule has 0 radical (unpaired) electrons. The van der Waals surface area contributed by atoms with E-state index in [4.69, 9.17) is 26.1 Å². The molecule has 82 valence electrons. The van der Waals surface area contributed by atoms with Crippen LogP contribution in [0.2, 0.25) is 5.15 Å². The van der Waals surface area contributed by atoms with Gasteiger partial charge in [0.1, 0.15) is 10.9 Å². The van der Waals surface area contributed by atoms with E-state index in [1.54, 1.807) is 7.11 Å². The maximum Gasteiger partial charge on any atom is 0.252 e. The fourth-order valence-corrected chi connectivity index (χ4v) is 1.81. The molecule has 2 heterocycles. The van der Waals surface area contributed by atoms with Crippen molar-refractivity contribution in [1.29, 1.82) is 0 Å². The first kappa shape index (κ1) is 9.84. The summed E-state index contributed by atoms with van der Waals surface area (Å²) in [5.41, 5.74) is 1.55. The summed E-state index contributed by atoms with van der Waals surface area (Å²) >= 11 is 6.01. The van der Waals surface area contributed by atoms with Crippen LogP contribution in [0.25, 0.3) is 10.9 Å². The van der Waals surface area contributed by atoms with Crippen molar-refractivity contribution in [2.45, 2.75) is 6.29 Å². The standard InChI is InChI=1S/C11H8ClNO3/c1-14-7-2-3-9-6(4-7)5-8(10(12)13-9)11-15-16-11/h2-5,11H,1H3. The van der Waals surface area contributed by atoms with E-state index in [1.165, 1.54) is 0 Å². The zero-order valence-corrected chi connectivity index (χ0v) is 9.19. The minimum atomic E-state index is -0.379. The van der Waals surface area contributed by atoms with Gasteiger partial charge >= 0.3 is 0 Å². The fraction of sp³-hybridized carbons (Fsp3) is 0.182. The van der Waals surface area contributed by atoms with Gasteiger partial charge in [0.2, 0.25) is 0 Å². The Hall–Kier alpha value is -1.36. The van der Waals surface area contributed by atoms with Gasteiger partial charge in [-0.05, 0) is 24.3 Å². The second kappa shape index (κ2) is 3.59. The molecule has 0 amide bonds. The van der Waals surface area contributed by atoms with Crippen LogP contribution in [0.1, 0.15) is 11.9 Å². The molecule has 0 aliphatic carbocycles. The lowest BCUT2D eigenvalue weighted by atomic mass is 10.1. The van der Waals surface area contributed by atoms with Crippen LogP contribution in [-0.4, -0.2) is 12.1 Å². The summed E-state index contributed by atoms with van der Waals surface area (Å²) in [4.78, 5) is 13.7. The normalized spacial score (nSPS) is 15.4. The van der Waals surface area contributed by atoms with Gasteiger partial charge < -0.3 is 4.74 Å². The Morgan fingerprint density at radius 1 is 1.31 bits per heavy atom. The van der Waals surface area contributed by atoms with Gasteiger partial charge in [0.15, 0.2) is 0 Å². The number of ether oxygens (including phenoxy) is 1. The first-order valence-electron chi connectivity index (χ1n) is 4.74. The molecule has 5 heteroatoms. The molecule has 2 aromatic rings. The lowest BCUT2D eigenvalue weighted by Crippen LogP contribution is -1.89. The van der Waals surface area contributed by atoms with E-state index >= 15 is 0 Å². The Labute approximate surface area is 96.6 Å². The molecule has 3 rings (SSSR count). The highest BCUT2D eigenvalue weighted by atomic mass is 35.5. The first-order valence-corrected chi connectivity index (χ1v) is 5.12. The summed E-state index contributed by atoms with van der Waals surface area (Å²) in [6.07, 6.45) is -0.379. The fourth-order valence-electron chi connectivity index (χ4n) is 1.57. The lowest BCUT2D eigenvalue weighted by molar-refractivity contribution is 0.0850. The second-order valence-corrected chi connectivity index (χ2v) is 3.81. The van der Waals surface area contributed by atoms with Gasteiger partial charge in [-0.3, -0.25) is 0 Å². The van der Waals surface area contributed by atoms with E-state index < -0.39 is 0 Å². The Kier molecular flexibility index (Phi) is 2.21. The van der Waals surface area contributed by atoms with E-state index in [0.717, 1.165) is 22.2 Å². The van der Waals surface area contributed by atoms with Gasteiger partial charge in [-0.25, -0.2) is 4.98 Å². The summed E-state index contributed by atoms with van der Waals surface area (Å²) in [5, 5.41) is 1.35. The van der Waals surface area contributed by atoms with Crippen molar-refractivity contribution in [3.8, 4) is 5.75 Å². The molecule has 0 N–H and O–H groups in total. The van der Waals surface area contributed by atoms with Gasteiger partial charge in [-0.2, -0.15) is 9.78 Å². The maximum absolute atomic E-state index is 6.01. The van der Waals surface area contributed by atoms with Gasteiger partial charge in [0, 0.05) is 5.39 Å². The topological polar surface area (TPSA) is 47.2 Å². The van der Waals surface area contributed by atoms with Crippen LogP contribution < -0.4 is 4.74 Å². The second-order valence-electron chi connectivity index (χ2n) is 3.45. The summed E-state index contributed by atoms with van der Waals surface area (Å²) in [5.74, 6) is 0.778. The Bertz CT molecular complexity index is 554.